The average Bonchev–Trinajstić information content (AvgIpc) is 2.45. The number of methoxy groups -OCH3 is 1. The Balaban J connectivity index is 2.38. The molecule has 1 rings (SSSR count). The fourth-order valence-electron chi connectivity index (χ4n) is 1.56. The van der Waals surface area contributed by atoms with Crippen LogP contribution in [-0.2, 0) is 9.47 Å². The summed E-state index contributed by atoms with van der Waals surface area (Å²) in [5.74, 6) is 0.405. The van der Waals surface area contributed by atoms with Crippen LogP contribution in [0.1, 0.15) is 17.3 Å². The van der Waals surface area contributed by atoms with Gasteiger partial charge in [-0.25, -0.2) is 0 Å². The minimum absolute atomic E-state index is 0.185. The topological polar surface area (TPSA) is 82.8 Å². The van der Waals surface area contributed by atoms with Crippen molar-refractivity contribution in [2.45, 2.75) is 6.92 Å². The molecule has 112 valence electrons. The van der Waals surface area contributed by atoms with E-state index in [0.29, 0.717) is 50.0 Å². The van der Waals surface area contributed by atoms with Gasteiger partial charge in [-0.2, -0.15) is 0 Å². The molecule has 0 spiro atoms. The highest BCUT2D eigenvalue weighted by Crippen LogP contribution is 2.22. The van der Waals surface area contributed by atoms with Gasteiger partial charge in [-0.1, -0.05) is 0 Å². The molecule has 0 heterocycles. The van der Waals surface area contributed by atoms with Crippen LogP contribution in [0.15, 0.2) is 18.2 Å². The molecule has 0 radical (unpaired) electrons. The molecule has 6 nitrogen and oxygen atoms in total. The van der Waals surface area contributed by atoms with Crippen molar-refractivity contribution in [2.75, 3.05) is 45.8 Å². The predicted octanol–water partition coefficient (Wildman–Crippen LogP) is 1.06. The molecular formula is C14H22N2O4. The number of nitrogens with two attached hydrogens (primary N) is 1. The Labute approximate surface area is 119 Å². The Kier molecular flexibility index (Phi) is 7.46. The summed E-state index contributed by atoms with van der Waals surface area (Å²) in [5, 5.41) is 2.75. The number of rotatable bonds is 9. The lowest BCUT2D eigenvalue weighted by molar-refractivity contribution is 0.0692. The van der Waals surface area contributed by atoms with Gasteiger partial charge < -0.3 is 25.3 Å². The Morgan fingerprint density at radius 1 is 1.30 bits per heavy atom. The molecule has 20 heavy (non-hydrogen) atoms. The van der Waals surface area contributed by atoms with Crippen molar-refractivity contribution >= 4 is 11.6 Å². The van der Waals surface area contributed by atoms with Gasteiger partial charge in [0, 0.05) is 19.2 Å². The van der Waals surface area contributed by atoms with Crippen molar-refractivity contribution in [3.63, 3.8) is 0 Å². The highest BCUT2D eigenvalue weighted by molar-refractivity contribution is 5.95. The predicted molar refractivity (Wildman–Crippen MR) is 77.1 cm³/mol. The van der Waals surface area contributed by atoms with Crippen LogP contribution in [0.5, 0.6) is 5.75 Å². The van der Waals surface area contributed by atoms with E-state index in [9.17, 15) is 4.79 Å². The minimum Gasteiger partial charge on any atom is -0.492 e. The highest BCUT2D eigenvalue weighted by atomic mass is 16.5. The largest absolute Gasteiger partial charge is 0.492 e. The van der Waals surface area contributed by atoms with Crippen LogP contribution in [0.2, 0.25) is 0 Å². The first-order valence-corrected chi connectivity index (χ1v) is 6.56. The maximum atomic E-state index is 11.9. The van der Waals surface area contributed by atoms with Crippen LogP contribution in [0.25, 0.3) is 0 Å². The third kappa shape index (κ3) is 5.46. The van der Waals surface area contributed by atoms with Crippen molar-refractivity contribution < 1.29 is 19.0 Å². The standard InChI is InChI=1S/C14H22N2O4/c1-3-20-13-5-4-11(10-12(13)15)14(17)16-6-7-19-9-8-18-2/h4-5,10H,3,6-9,15H2,1-2H3,(H,16,17). The molecule has 0 aliphatic heterocycles. The minimum atomic E-state index is -0.185. The van der Waals surface area contributed by atoms with Gasteiger partial charge in [0.15, 0.2) is 0 Å². The first kappa shape index (κ1) is 16.3. The number of nitrogen functional groups attached to an aromatic ring is 1. The molecule has 1 aromatic carbocycles. The second kappa shape index (κ2) is 9.17. The van der Waals surface area contributed by atoms with Gasteiger partial charge in [-0.3, -0.25) is 4.79 Å². The van der Waals surface area contributed by atoms with E-state index in [4.69, 9.17) is 19.9 Å². The zero-order valence-corrected chi connectivity index (χ0v) is 12.0. The average molecular weight is 282 g/mol. The van der Waals surface area contributed by atoms with Crippen LogP contribution in [0.3, 0.4) is 0 Å². The fraction of sp³-hybridized carbons (Fsp3) is 0.500. The first-order chi connectivity index (χ1) is 9.69. The molecule has 0 bridgehead atoms. The van der Waals surface area contributed by atoms with Crippen molar-refractivity contribution in [1.82, 2.24) is 5.32 Å². The van der Waals surface area contributed by atoms with Crippen LogP contribution in [0, 0.1) is 0 Å². The lowest BCUT2D eigenvalue weighted by Gasteiger charge is -2.09. The third-order valence-corrected chi connectivity index (χ3v) is 2.54. The maximum Gasteiger partial charge on any atom is 0.251 e. The van der Waals surface area contributed by atoms with E-state index in [1.54, 1.807) is 25.3 Å². The summed E-state index contributed by atoms with van der Waals surface area (Å²) >= 11 is 0. The van der Waals surface area contributed by atoms with E-state index in [2.05, 4.69) is 5.32 Å². The summed E-state index contributed by atoms with van der Waals surface area (Å²) in [6.45, 7) is 4.36. The molecule has 0 fully saturated rings. The second-order valence-electron chi connectivity index (χ2n) is 4.05. The Morgan fingerprint density at radius 2 is 2.10 bits per heavy atom. The number of carbonyl (C=O) groups excluding carboxylic acids is 1. The Morgan fingerprint density at radius 3 is 2.75 bits per heavy atom. The van der Waals surface area contributed by atoms with Gasteiger partial charge in [0.05, 0.1) is 32.1 Å². The van der Waals surface area contributed by atoms with Crippen LogP contribution < -0.4 is 15.8 Å². The molecule has 6 heteroatoms. The third-order valence-electron chi connectivity index (χ3n) is 2.54. The summed E-state index contributed by atoms with van der Waals surface area (Å²) in [5.41, 5.74) is 6.77. The zero-order chi connectivity index (χ0) is 14.8. The number of hydrogen-bond donors (Lipinski definition) is 2. The fourth-order valence-corrected chi connectivity index (χ4v) is 1.56. The molecule has 0 atom stereocenters. The van der Waals surface area contributed by atoms with Gasteiger partial charge in [0.1, 0.15) is 5.75 Å². The number of ether oxygens (including phenoxy) is 3. The summed E-state index contributed by atoms with van der Waals surface area (Å²) < 4.78 is 15.4. The number of hydrogen-bond acceptors (Lipinski definition) is 5. The molecule has 0 unspecified atom stereocenters. The number of nitrogens with one attached hydrogen (secondary N) is 1. The Bertz CT molecular complexity index is 424. The molecule has 3 N–H and O–H groups in total. The van der Waals surface area contributed by atoms with E-state index in [1.807, 2.05) is 6.92 Å². The molecule has 0 saturated carbocycles. The number of anilines is 1. The van der Waals surface area contributed by atoms with Gasteiger partial charge in [0.2, 0.25) is 0 Å². The first-order valence-electron chi connectivity index (χ1n) is 6.56. The smallest absolute Gasteiger partial charge is 0.251 e. The van der Waals surface area contributed by atoms with Gasteiger partial charge >= 0.3 is 0 Å². The van der Waals surface area contributed by atoms with Crippen LogP contribution in [0.4, 0.5) is 5.69 Å². The van der Waals surface area contributed by atoms with E-state index in [1.165, 1.54) is 0 Å². The van der Waals surface area contributed by atoms with Crippen molar-refractivity contribution in [2.24, 2.45) is 0 Å². The molecule has 1 aromatic rings. The molecule has 0 aliphatic carbocycles. The summed E-state index contributed by atoms with van der Waals surface area (Å²) in [6, 6.07) is 4.98. The van der Waals surface area contributed by atoms with E-state index < -0.39 is 0 Å². The highest BCUT2D eigenvalue weighted by Gasteiger charge is 2.08. The molecule has 0 aliphatic rings. The lowest BCUT2D eigenvalue weighted by Crippen LogP contribution is -2.27. The molecule has 0 saturated heterocycles. The lowest BCUT2D eigenvalue weighted by atomic mass is 10.2. The number of benzene rings is 1. The number of amides is 1. The second-order valence-corrected chi connectivity index (χ2v) is 4.05. The van der Waals surface area contributed by atoms with Gasteiger partial charge in [-0.05, 0) is 25.1 Å². The normalized spacial score (nSPS) is 10.3. The number of carbonyl (C=O) groups is 1. The van der Waals surface area contributed by atoms with Gasteiger partial charge in [0.25, 0.3) is 5.91 Å². The summed E-state index contributed by atoms with van der Waals surface area (Å²) in [7, 11) is 1.61. The summed E-state index contributed by atoms with van der Waals surface area (Å²) in [4.78, 5) is 11.9. The monoisotopic (exact) mass is 282 g/mol. The molecular weight excluding hydrogens is 260 g/mol. The van der Waals surface area contributed by atoms with E-state index in [0.717, 1.165) is 0 Å². The van der Waals surface area contributed by atoms with Crippen molar-refractivity contribution in [3.8, 4) is 5.75 Å². The maximum absolute atomic E-state index is 11.9. The Hall–Kier alpha value is -1.79. The van der Waals surface area contributed by atoms with Gasteiger partial charge in [-0.15, -0.1) is 0 Å². The zero-order valence-electron chi connectivity index (χ0n) is 12.0. The van der Waals surface area contributed by atoms with E-state index >= 15 is 0 Å². The van der Waals surface area contributed by atoms with Crippen LogP contribution >= 0.6 is 0 Å². The summed E-state index contributed by atoms with van der Waals surface area (Å²) in [6.07, 6.45) is 0. The molecule has 0 aromatic heterocycles. The molecule has 1 amide bonds. The quantitative estimate of drug-likeness (QED) is 0.523. The SMILES string of the molecule is CCOc1ccc(C(=O)NCCOCCOC)cc1N. The van der Waals surface area contributed by atoms with Crippen molar-refractivity contribution in [3.05, 3.63) is 23.8 Å². The van der Waals surface area contributed by atoms with Crippen molar-refractivity contribution in [1.29, 1.82) is 0 Å². The van der Waals surface area contributed by atoms with E-state index in [-0.39, 0.29) is 5.91 Å². The van der Waals surface area contributed by atoms with Crippen LogP contribution in [-0.4, -0.2) is 46.0 Å².